The molecule has 0 aliphatic carbocycles. The number of benzene rings is 1. The standard InChI is InChI=1S/C15H14FN3O/c1-2-6-18-15-9-12(5-7-19-15)20-14-4-3-11(10-17)8-13(14)16/h3-5,7-9H,2,6H2,1H3,(H,18,19). The van der Waals surface area contributed by atoms with E-state index < -0.39 is 5.82 Å². The highest BCUT2D eigenvalue weighted by Gasteiger charge is 2.06. The van der Waals surface area contributed by atoms with Crippen molar-refractivity contribution in [3.8, 4) is 17.6 Å². The maximum Gasteiger partial charge on any atom is 0.167 e. The van der Waals surface area contributed by atoms with Crippen molar-refractivity contribution in [2.24, 2.45) is 0 Å². The minimum atomic E-state index is -0.566. The fourth-order valence-corrected chi connectivity index (χ4v) is 1.60. The van der Waals surface area contributed by atoms with Gasteiger partial charge in [-0.15, -0.1) is 0 Å². The van der Waals surface area contributed by atoms with Gasteiger partial charge in [0.05, 0.1) is 11.6 Å². The number of nitriles is 1. The average Bonchev–Trinajstić information content (AvgIpc) is 2.47. The van der Waals surface area contributed by atoms with Gasteiger partial charge in [-0.1, -0.05) is 6.92 Å². The summed E-state index contributed by atoms with van der Waals surface area (Å²) in [5.41, 5.74) is 0.259. The van der Waals surface area contributed by atoms with Crippen LogP contribution in [0.1, 0.15) is 18.9 Å². The second-order valence-electron chi connectivity index (χ2n) is 4.16. The van der Waals surface area contributed by atoms with Gasteiger partial charge in [0.1, 0.15) is 11.6 Å². The lowest BCUT2D eigenvalue weighted by atomic mass is 10.2. The number of rotatable bonds is 5. The Labute approximate surface area is 116 Å². The van der Waals surface area contributed by atoms with Crippen LogP contribution in [-0.4, -0.2) is 11.5 Å². The summed E-state index contributed by atoms with van der Waals surface area (Å²) >= 11 is 0. The predicted octanol–water partition coefficient (Wildman–Crippen LogP) is 3.71. The molecule has 0 amide bonds. The first-order chi connectivity index (χ1) is 9.72. The Morgan fingerprint density at radius 3 is 2.90 bits per heavy atom. The minimum Gasteiger partial charge on any atom is -0.454 e. The van der Waals surface area contributed by atoms with Crippen molar-refractivity contribution in [3.63, 3.8) is 0 Å². The molecule has 102 valence electrons. The molecule has 0 saturated carbocycles. The van der Waals surface area contributed by atoms with Crippen molar-refractivity contribution >= 4 is 5.82 Å². The fourth-order valence-electron chi connectivity index (χ4n) is 1.60. The molecular formula is C15H14FN3O. The van der Waals surface area contributed by atoms with Gasteiger partial charge >= 0.3 is 0 Å². The Hall–Kier alpha value is -2.61. The van der Waals surface area contributed by atoms with Crippen LogP contribution in [0.5, 0.6) is 11.5 Å². The number of nitrogens with one attached hydrogen (secondary N) is 1. The quantitative estimate of drug-likeness (QED) is 0.900. The van der Waals surface area contributed by atoms with E-state index in [1.807, 2.05) is 6.07 Å². The molecule has 1 N–H and O–H groups in total. The summed E-state index contributed by atoms with van der Waals surface area (Å²) in [6.45, 7) is 2.86. The maximum atomic E-state index is 13.7. The van der Waals surface area contributed by atoms with Crippen LogP contribution >= 0.6 is 0 Å². The van der Waals surface area contributed by atoms with E-state index in [0.717, 1.165) is 19.0 Å². The normalized spacial score (nSPS) is 9.85. The van der Waals surface area contributed by atoms with Crippen molar-refractivity contribution in [2.45, 2.75) is 13.3 Å². The third kappa shape index (κ3) is 3.45. The SMILES string of the molecule is CCCNc1cc(Oc2ccc(C#N)cc2F)ccn1. The predicted molar refractivity (Wildman–Crippen MR) is 74.2 cm³/mol. The molecule has 0 bridgehead atoms. The van der Waals surface area contributed by atoms with Crippen molar-refractivity contribution in [3.05, 3.63) is 47.9 Å². The summed E-state index contributed by atoms with van der Waals surface area (Å²) in [5.74, 6) is 0.682. The second-order valence-corrected chi connectivity index (χ2v) is 4.16. The lowest BCUT2D eigenvalue weighted by molar-refractivity contribution is 0.442. The molecule has 0 aliphatic rings. The Balaban J connectivity index is 2.15. The number of hydrogen-bond donors (Lipinski definition) is 1. The lowest BCUT2D eigenvalue weighted by Gasteiger charge is -2.09. The van der Waals surface area contributed by atoms with Gasteiger partial charge in [0.15, 0.2) is 11.6 Å². The molecule has 0 fully saturated rings. The number of aromatic nitrogens is 1. The van der Waals surface area contributed by atoms with E-state index in [0.29, 0.717) is 11.6 Å². The Kier molecular flexibility index (Phi) is 4.51. The van der Waals surface area contributed by atoms with Crippen molar-refractivity contribution < 1.29 is 9.13 Å². The smallest absolute Gasteiger partial charge is 0.167 e. The number of halogens is 1. The third-order valence-electron chi connectivity index (χ3n) is 2.58. The first kappa shape index (κ1) is 13.8. The molecule has 0 saturated heterocycles. The average molecular weight is 271 g/mol. The van der Waals surface area contributed by atoms with E-state index in [2.05, 4.69) is 17.2 Å². The van der Waals surface area contributed by atoms with Gasteiger partial charge in [-0.3, -0.25) is 0 Å². The van der Waals surface area contributed by atoms with Crippen LogP contribution in [-0.2, 0) is 0 Å². The van der Waals surface area contributed by atoms with Crippen LogP contribution in [0, 0.1) is 17.1 Å². The Morgan fingerprint density at radius 1 is 1.35 bits per heavy atom. The highest BCUT2D eigenvalue weighted by molar-refractivity contribution is 5.43. The van der Waals surface area contributed by atoms with E-state index in [9.17, 15) is 4.39 Å². The zero-order valence-electron chi connectivity index (χ0n) is 11.1. The summed E-state index contributed by atoms with van der Waals surface area (Å²) < 4.78 is 19.2. The number of pyridine rings is 1. The molecule has 1 aromatic heterocycles. The van der Waals surface area contributed by atoms with E-state index >= 15 is 0 Å². The molecule has 2 aromatic rings. The van der Waals surface area contributed by atoms with Crippen molar-refractivity contribution in [1.29, 1.82) is 5.26 Å². The van der Waals surface area contributed by atoms with Crippen LogP contribution < -0.4 is 10.1 Å². The first-order valence-corrected chi connectivity index (χ1v) is 6.30. The Bertz CT molecular complexity index is 637. The molecule has 0 aliphatic heterocycles. The highest BCUT2D eigenvalue weighted by atomic mass is 19.1. The number of ether oxygens (including phenoxy) is 1. The largest absolute Gasteiger partial charge is 0.454 e. The summed E-state index contributed by atoms with van der Waals surface area (Å²) in [4.78, 5) is 4.14. The van der Waals surface area contributed by atoms with Gasteiger partial charge in [-0.2, -0.15) is 5.26 Å². The number of hydrogen-bond acceptors (Lipinski definition) is 4. The molecule has 0 spiro atoms. The van der Waals surface area contributed by atoms with Crippen LogP contribution in [0.25, 0.3) is 0 Å². The summed E-state index contributed by atoms with van der Waals surface area (Å²) in [7, 11) is 0. The van der Waals surface area contributed by atoms with Gasteiger partial charge < -0.3 is 10.1 Å². The van der Waals surface area contributed by atoms with E-state index in [-0.39, 0.29) is 11.3 Å². The van der Waals surface area contributed by atoms with E-state index in [4.69, 9.17) is 10.00 Å². The van der Waals surface area contributed by atoms with Gasteiger partial charge in [-0.05, 0) is 30.7 Å². The van der Waals surface area contributed by atoms with Gasteiger partial charge in [0, 0.05) is 18.8 Å². The number of nitrogens with zero attached hydrogens (tertiary/aromatic N) is 2. The first-order valence-electron chi connectivity index (χ1n) is 6.30. The molecule has 0 unspecified atom stereocenters. The highest BCUT2D eigenvalue weighted by Crippen LogP contribution is 2.26. The molecule has 2 rings (SSSR count). The zero-order valence-corrected chi connectivity index (χ0v) is 11.1. The maximum absolute atomic E-state index is 13.7. The molecule has 0 atom stereocenters. The van der Waals surface area contributed by atoms with Crippen LogP contribution in [0.2, 0.25) is 0 Å². The fraction of sp³-hybridized carbons (Fsp3) is 0.200. The minimum absolute atomic E-state index is 0.0802. The van der Waals surface area contributed by atoms with Gasteiger partial charge in [0.2, 0.25) is 0 Å². The molecule has 0 radical (unpaired) electrons. The van der Waals surface area contributed by atoms with E-state index in [1.165, 1.54) is 12.1 Å². The molecule has 1 heterocycles. The zero-order chi connectivity index (χ0) is 14.4. The summed E-state index contributed by atoms with van der Waals surface area (Å²) in [6, 6.07) is 9.32. The summed E-state index contributed by atoms with van der Waals surface area (Å²) in [5, 5.41) is 11.8. The van der Waals surface area contributed by atoms with Gasteiger partial charge in [0.25, 0.3) is 0 Å². The van der Waals surface area contributed by atoms with Gasteiger partial charge in [-0.25, -0.2) is 9.37 Å². The van der Waals surface area contributed by atoms with Crippen molar-refractivity contribution in [1.82, 2.24) is 4.98 Å². The molecule has 20 heavy (non-hydrogen) atoms. The monoisotopic (exact) mass is 271 g/mol. The third-order valence-corrected chi connectivity index (χ3v) is 2.58. The molecular weight excluding hydrogens is 257 g/mol. The molecule has 5 heteroatoms. The van der Waals surface area contributed by atoms with Crippen LogP contribution in [0.3, 0.4) is 0 Å². The number of anilines is 1. The Morgan fingerprint density at radius 2 is 2.20 bits per heavy atom. The van der Waals surface area contributed by atoms with E-state index in [1.54, 1.807) is 18.3 Å². The topological polar surface area (TPSA) is 57.9 Å². The summed E-state index contributed by atoms with van der Waals surface area (Å²) in [6.07, 6.45) is 2.58. The lowest BCUT2D eigenvalue weighted by Crippen LogP contribution is -2.01. The second kappa shape index (κ2) is 6.53. The van der Waals surface area contributed by atoms with Crippen LogP contribution in [0.4, 0.5) is 10.2 Å². The molecule has 4 nitrogen and oxygen atoms in total. The molecule has 1 aromatic carbocycles. The van der Waals surface area contributed by atoms with Crippen LogP contribution in [0.15, 0.2) is 36.5 Å². The van der Waals surface area contributed by atoms with Crippen molar-refractivity contribution in [2.75, 3.05) is 11.9 Å².